The summed E-state index contributed by atoms with van der Waals surface area (Å²) in [5.41, 5.74) is 3.73. The van der Waals surface area contributed by atoms with Gasteiger partial charge >= 0.3 is 0 Å². The van der Waals surface area contributed by atoms with E-state index >= 15 is 0 Å². The zero-order valence-electron chi connectivity index (χ0n) is 16.7. The van der Waals surface area contributed by atoms with Crippen molar-refractivity contribution in [2.75, 3.05) is 26.8 Å². The van der Waals surface area contributed by atoms with Crippen LogP contribution >= 0.6 is 0 Å². The standard InChI is InChI=1S/C21H25N5O3/c1-25-18-8-10-26(21(28)17-12-14-6-3-4-7-16(14)23-17)13-15(18)19(24-25)20(27)22-9-5-11-29-2/h3-4,6-7,12,23H,5,8-11,13H2,1-2H3,(H,22,27). The third-order valence-corrected chi connectivity index (χ3v) is 5.32. The van der Waals surface area contributed by atoms with Crippen LogP contribution in [0, 0.1) is 0 Å². The minimum atomic E-state index is -0.210. The molecule has 3 heterocycles. The number of aromatic nitrogens is 3. The van der Waals surface area contributed by atoms with Crippen LogP contribution in [0.2, 0.25) is 0 Å². The highest BCUT2D eigenvalue weighted by molar-refractivity contribution is 5.98. The minimum Gasteiger partial charge on any atom is -0.385 e. The van der Waals surface area contributed by atoms with E-state index < -0.39 is 0 Å². The molecular formula is C21H25N5O3. The van der Waals surface area contributed by atoms with Crippen molar-refractivity contribution in [3.05, 3.63) is 53.0 Å². The molecular weight excluding hydrogens is 370 g/mol. The molecule has 8 heteroatoms. The Kier molecular flexibility index (Phi) is 5.35. The van der Waals surface area contributed by atoms with E-state index in [1.807, 2.05) is 37.4 Å². The van der Waals surface area contributed by atoms with Crippen LogP contribution in [0.1, 0.15) is 38.7 Å². The fourth-order valence-corrected chi connectivity index (χ4v) is 3.81. The third kappa shape index (κ3) is 3.75. The van der Waals surface area contributed by atoms with Crippen molar-refractivity contribution in [1.82, 2.24) is 25.0 Å². The maximum absolute atomic E-state index is 13.1. The van der Waals surface area contributed by atoms with E-state index in [1.54, 1.807) is 16.7 Å². The summed E-state index contributed by atoms with van der Waals surface area (Å²) in [5.74, 6) is -0.278. The second-order valence-corrected chi connectivity index (χ2v) is 7.25. The maximum atomic E-state index is 13.1. The van der Waals surface area contributed by atoms with E-state index in [1.165, 1.54) is 0 Å². The lowest BCUT2D eigenvalue weighted by Crippen LogP contribution is -2.37. The van der Waals surface area contributed by atoms with Gasteiger partial charge in [0.15, 0.2) is 5.69 Å². The summed E-state index contributed by atoms with van der Waals surface area (Å²) in [5, 5.41) is 8.31. The second-order valence-electron chi connectivity index (χ2n) is 7.25. The molecule has 2 amide bonds. The SMILES string of the molecule is COCCCNC(=O)c1nn(C)c2c1CN(C(=O)c1cc3ccccc3[nH]1)CC2. The molecule has 2 N–H and O–H groups in total. The van der Waals surface area contributed by atoms with Gasteiger partial charge < -0.3 is 19.9 Å². The van der Waals surface area contributed by atoms with Gasteiger partial charge in [-0.2, -0.15) is 5.10 Å². The minimum absolute atomic E-state index is 0.0674. The van der Waals surface area contributed by atoms with Crippen molar-refractivity contribution in [1.29, 1.82) is 0 Å². The number of aryl methyl sites for hydroxylation is 1. The Bertz CT molecular complexity index is 1020. The molecule has 0 bridgehead atoms. The van der Waals surface area contributed by atoms with Gasteiger partial charge in [0.2, 0.25) is 0 Å². The van der Waals surface area contributed by atoms with Gasteiger partial charge in [-0.1, -0.05) is 18.2 Å². The molecule has 8 nitrogen and oxygen atoms in total. The molecule has 29 heavy (non-hydrogen) atoms. The summed E-state index contributed by atoms with van der Waals surface area (Å²) >= 11 is 0. The average Bonchev–Trinajstić information content (AvgIpc) is 3.31. The molecule has 0 fully saturated rings. The van der Waals surface area contributed by atoms with Crippen molar-refractivity contribution in [3.63, 3.8) is 0 Å². The molecule has 152 valence electrons. The largest absolute Gasteiger partial charge is 0.385 e. The van der Waals surface area contributed by atoms with Gasteiger partial charge in [0, 0.05) is 62.4 Å². The number of methoxy groups -OCH3 is 1. The van der Waals surface area contributed by atoms with Crippen molar-refractivity contribution in [2.45, 2.75) is 19.4 Å². The van der Waals surface area contributed by atoms with Gasteiger partial charge in [-0.25, -0.2) is 0 Å². The molecule has 0 aliphatic carbocycles. The van der Waals surface area contributed by atoms with Crippen LogP contribution in [0.25, 0.3) is 10.9 Å². The van der Waals surface area contributed by atoms with Crippen LogP contribution < -0.4 is 5.32 Å². The van der Waals surface area contributed by atoms with E-state index in [0.717, 1.165) is 28.6 Å². The lowest BCUT2D eigenvalue weighted by atomic mass is 10.0. The predicted molar refractivity (Wildman–Crippen MR) is 109 cm³/mol. The topological polar surface area (TPSA) is 92.2 Å². The smallest absolute Gasteiger partial charge is 0.272 e. The molecule has 2 aromatic heterocycles. The Labute approximate surface area is 168 Å². The summed E-state index contributed by atoms with van der Waals surface area (Å²) in [6.07, 6.45) is 1.41. The number of carbonyl (C=O) groups is 2. The fourth-order valence-electron chi connectivity index (χ4n) is 3.81. The number of amides is 2. The van der Waals surface area contributed by atoms with Gasteiger partial charge in [-0.05, 0) is 18.6 Å². The number of benzene rings is 1. The second kappa shape index (κ2) is 8.08. The number of aromatic amines is 1. The van der Waals surface area contributed by atoms with Crippen LogP contribution in [0.15, 0.2) is 30.3 Å². The zero-order valence-corrected chi connectivity index (χ0v) is 16.7. The molecule has 0 spiro atoms. The zero-order chi connectivity index (χ0) is 20.4. The monoisotopic (exact) mass is 395 g/mol. The fraction of sp³-hybridized carbons (Fsp3) is 0.381. The van der Waals surface area contributed by atoms with E-state index in [-0.39, 0.29) is 11.8 Å². The predicted octanol–water partition coefficient (Wildman–Crippen LogP) is 1.87. The number of carbonyl (C=O) groups excluding carboxylic acids is 2. The van der Waals surface area contributed by atoms with E-state index in [0.29, 0.717) is 44.0 Å². The number of rotatable bonds is 6. The number of para-hydroxylation sites is 1. The molecule has 0 saturated heterocycles. The summed E-state index contributed by atoms with van der Waals surface area (Å²) < 4.78 is 6.76. The van der Waals surface area contributed by atoms with Crippen LogP contribution in [0.5, 0.6) is 0 Å². The van der Waals surface area contributed by atoms with Crippen molar-refractivity contribution >= 4 is 22.7 Å². The van der Waals surface area contributed by atoms with Crippen LogP contribution in [0.3, 0.4) is 0 Å². The first-order valence-corrected chi connectivity index (χ1v) is 9.77. The lowest BCUT2D eigenvalue weighted by molar-refractivity contribution is 0.0725. The molecule has 4 rings (SSSR count). The third-order valence-electron chi connectivity index (χ3n) is 5.32. The molecule has 0 saturated carbocycles. The summed E-state index contributed by atoms with van der Waals surface area (Å²) in [6.45, 7) is 2.08. The first kappa shape index (κ1) is 19.2. The van der Waals surface area contributed by atoms with Gasteiger partial charge in [0.25, 0.3) is 11.8 Å². The molecule has 1 aliphatic rings. The Hall–Kier alpha value is -3.13. The van der Waals surface area contributed by atoms with E-state index in [4.69, 9.17) is 4.74 Å². The molecule has 0 atom stereocenters. The number of nitrogens with zero attached hydrogens (tertiary/aromatic N) is 3. The van der Waals surface area contributed by atoms with Crippen LogP contribution in [-0.4, -0.2) is 58.3 Å². The van der Waals surface area contributed by atoms with Gasteiger partial charge in [-0.15, -0.1) is 0 Å². The van der Waals surface area contributed by atoms with Gasteiger partial charge in [0.05, 0.1) is 6.54 Å². The van der Waals surface area contributed by atoms with E-state index in [2.05, 4.69) is 15.4 Å². The highest BCUT2D eigenvalue weighted by Crippen LogP contribution is 2.24. The summed E-state index contributed by atoms with van der Waals surface area (Å²) in [6, 6.07) is 9.69. The number of hydrogen-bond donors (Lipinski definition) is 2. The summed E-state index contributed by atoms with van der Waals surface area (Å²) in [4.78, 5) is 30.7. The number of nitrogens with one attached hydrogen (secondary N) is 2. The molecule has 3 aromatic rings. The Morgan fingerprint density at radius 3 is 2.93 bits per heavy atom. The average molecular weight is 395 g/mol. The summed E-state index contributed by atoms with van der Waals surface area (Å²) in [7, 11) is 3.48. The van der Waals surface area contributed by atoms with Gasteiger partial charge in [-0.3, -0.25) is 14.3 Å². The number of hydrogen-bond acceptors (Lipinski definition) is 4. The number of fused-ring (bicyclic) bond motifs is 2. The maximum Gasteiger partial charge on any atom is 0.272 e. The molecule has 1 aliphatic heterocycles. The van der Waals surface area contributed by atoms with Crippen molar-refractivity contribution < 1.29 is 14.3 Å². The Morgan fingerprint density at radius 1 is 1.31 bits per heavy atom. The first-order valence-electron chi connectivity index (χ1n) is 9.77. The molecule has 0 unspecified atom stereocenters. The number of ether oxygens (including phenoxy) is 1. The highest BCUT2D eigenvalue weighted by atomic mass is 16.5. The molecule has 1 aromatic carbocycles. The van der Waals surface area contributed by atoms with Gasteiger partial charge in [0.1, 0.15) is 5.69 Å². The molecule has 0 radical (unpaired) electrons. The van der Waals surface area contributed by atoms with Crippen molar-refractivity contribution in [2.24, 2.45) is 7.05 Å². The van der Waals surface area contributed by atoms with E-state index in [9.17, 15) is 9.59 Å². The highest BCUT2D eigenvalue weighted by Gasteiger charge is 2.30. The Balaban J connectivity index is 1.52. The first-order chi connectivity index (χ1) is 14.1. The Morgan fingerprint density at radius 2 is 2.14 bits per heavy atom. The lowest BCUT2D eigenvalue weighted by Gasteiger charge is -2.27. The van der Waals surface area contributed by atoms with Crippen molar-refractivity contribution in [3.8, 4) is 0 Å². The normalized spacial score (nSPS) is 13.5. The van der Waals surface area contributed by atoms with Crippen LogP contribution in [0.4, 0.5) is 0 Å². The van der Waals surface area contributed by atoms with Crippen LogP contribution in [-0.2, 0) is 24.8 Å². The number of H-pyrrole nitrogens is 1. The quantitative estimate of drug-likeness (QED) is 0.623.